The maximum Gasteiger partial charge on any atom is 0.255 e. The summed E-state index contributed by atoms with van der Waals surface area (Å²) in [6.07, 6.45) is -0.598. The summed E-state index contributed by atoms with van der Waals surface area (Å²) in [5.41, 5.74) is 2.07. The van der Waals surface area contributed by atoms with Crippen molar-refractivity contribution in [1.29, 1.82) is 0 Å². The molecule has 2 rings (SSSR count). The van der Waals surface area contributed by atoms with E-state index < -0.39 is 6.10 Å². The lowest BCUT2D eigenvalue weighted by Crippen LogP contribution is -2.30. The van der Waals surface area contributed by atoms with Crippen molar-refractivity contribution in [1.82, 2.24) is 10.5 Å². The van der Waals surface area contributed by atoms with Crippen LogP contribution in [0.15, 0.2) is 28.8 Å². The van der Waals surface area contributed by atoms with Gasteiger partial charge in [0.05, 0.1) is 22.9 Å². The molecule has 22 heavy (non-hydrogen) atoms. The number of rotatable bonds is 6. The number of hydrogen-bond donors (Lipinski definition) is 2. The van der Waals surface area contributed by atoms with Crippen LogP contribution >= 0.6 is 0 Å². The zero-order valence-corrected chi connectivity index (χ0v) is 12.9. The average Bonchev–Trinajstić information content (AvgIpc) is 2.82. The summed E-state index contributed by atoms with van der Waals surface area (Å²) in [5, 5.41) is 15.8. The number of ether oxygens (including phenoxy) is 1. The third-order valence-corrected chi connectivity index (χ3v) is 3.24. The van der Waals surface area contributed by atoms with Crippen LogP contribution in [-0.2, 0) is 6.61 Å². The zero-order valence-electron chi connectivity index (χ0n) is 12.9. The lowest BCUT2D eigenvalue weighted by atomic mass is 10.1. The Balaban J connectivity index is 2.10. The van der Waals surface area contributed by atoms with Crippen molar-refractivity contribution in [2.45, 2.75) is 33.5 Å². The number of aliphatic hydroxyl groups excluding tert-OH is 1. The summed E-state index contributed by atoms with van der Waals surface area (Å²) in [6.45, 7) is 5.75. The molecule has 6 nitrogen and oxygen atoms in total. The van der Waals surface area contributed by atoms with Gasteiger partial charge in [-0.05, 0) is 32.9 Å². The second-order valence-corrected chi connectivity index (χ2v) is 5.15. The molecule has 1 aromatic heterocycles. The van der Waals surface area contributed by atoms with E-state index in [4.69, 9.17) is 9.26 Å². The number of aliphatic hydroxyl groups is 1. The van der Waals surface area contributed by atoms with Gasteiger partial charge in [-0.15, -0.1) is 0 Å². The molecule has 1 unspecified atom stereocenters. The van der Waals surface area contributed by atoms with Gasteiger partial charge in [-0.25, -0.2) is 0 Å². The van der Waals surface area contributed by atoms with Gasteiger partial charge in [0.1, 0.15) is 18.1 Å². The van der Waals surface area contributed by atoms with Crippen LogP contribution in [0, 0.1) is 13.8 Å². The number of hydrogen-bond acceptors (Lipinski definition) is 5. The van der Waals surface area contributed by atoms with Crippen LogP contribution in [0.3, 0.4) is 0 Å². The SMILES string of the molecule is Cc1noc(C)c1COc1ccccc1C(=O)NCC(C)O. The minimum absolute atomic E-state index is 0.192. The highest BCUT2D eigenvalue weighted by Crippen LogP contribution is 2.21. The Bertz CT molecular complexity index is 630. The summed E-state index contributed by atoms with van der Waals surface area (Å²) < 4.78 is 10.8. The summed E-state index contributed by atoms with van der Waals surface area (Å²) in [5.74, 6) is 0.898. The number of aromatic nitrogens is 1. The quantitative estimate of drug-likeness (QED) is 0.852. The first-order valence-electron chi connectivity index (χ1n) is 7.09. The Hall–Kier alpha value is -2.34. The van der Waals surface area contributed by atoms with Crippen LogP contribution < -0.4 is 10.1 Å². The lowest BCUT2D eigenvalue weighted by molar-refractivity contribution is 0.0919. The van der Waals surface area contributed by atoms with Crippen LogP contribution in [0.4, 0.5) is 0 Å². The highest BCUT2D eigenvalue weighted by atomic mass is 16.5. The molecule has 6 heteroatoms. The molecule has 2 aromatic rings. The van der Waals surface area contributed by atoms with Crippen molar-refractivity contribution < 1.29 is 19.2 Å². The molecule has 2 N–H and O–H groups in total. The topological polar surface area (TPSA) is 84.6 Å². The summed E-state index contributed by atoms with van der Waals surface area (Å²) in [7, 11) is 0. The van der Waals surface area contributed by atoms with E-state index in [1.54, 1.807) is 31.2 Å². The van der Waals surface area contributed by atoms with Gasteiger partial charge >= 0.3 is 0 Å². The highest BCUT2D eigenvalue weighted by molar-refractivity contribution is 5.96. The number of nitrogens with one attached hydrogen (secondary N) is 1. The second-order valence-electron chi connectivity index (χ2n) is 5.15. The number of amides is 1. The number of benzene rings is 1. The van der Waals surface area contributed by atoms with Gasteiger partial charge in [0.25, 0.3) is 5.91 Å². The Morgan fingerprint density at radius 2 is 2.14 bits per heavy atom. The van der Waals surface area contributed by atoms with Crippen molar-refractivity contribution in [2.75, 3.05) is 6.54 Å². The van der Waals surface area contributed by atoms with Gasteiger partial charge in [0, 0.05) is 6.54 Å². The highest BCUT2D eigenvalue weighted by Gasteiger charge is 2.14. The maximum absolute atomic E-state index is 12.1. The lowest BCUT2D eigenvalue weighted by Gasteiger charge is -2.12. The first kappa shape index (κ1) is 16.0. The van der Waals surface area contributed by atoms with Gasteiger partial charge < -0.3 is 19.7 Å². The van der Waals surface area contributed by atoms with Gasteiger partial charge in [0.2, 0.25) is 0 Å². The van der Waals surface area contributed by atoms with E-state index >= 15 is 0 Å². The molecule has 0 saturated heterocycles. The molecule has 0 radical (unpaired) electrons. The monoisotopic (exact) mass is 304 g/mol. The molecule has 1 amide bonds. The summed E-state index contributed by atoms with van der Waals surface area (Å²) in [6, 6.07) is 6.98. The van der Waals surface area contributed by atoms with Crippen molar-refractivity contribution in [3.05, 3.63) is 46.8 Å². The molecular weight excluding hydrogens is 284 g/mol. The Labute approximate surface area is 129 Å². The molecule has 1 atom stereocenters. The van der Waals surface area contributed by atoms with Crippen LogP contribution in [0.2, 0.25) is 0 Å². The minimum Gasteiger partial charge on any atom is -0.488 e. The van der Waals surface area contributed by atoms with Crippen molar-refractivity contribution in [3.8, 4) is 5.75 Å². The molecular formula is C16H20N2O4. The molecule has 0 fully saturated rings. The maximum atomic E-state index is 12.1. The first-order chi connectivity index (χ1) is 10.5. The third-order valence-electron chi connectivity index (χ3n) is 3.24. The molecule has 0 aliphatic heterocycles. The van der Waals surface area contributed by atoms with Gasteiger partial charge in [-0.1, -0.05) is 17.3 Å². The minimum atomic E-state index is -0.598. The van der Waals surface area contributed by atoms with Crippen LogP contribution in [-0.4, -0.2) is 28.8 Å². The molecule has 118 valence electrons. The summed E-state index contributed by atoms with van der Waals surface area (Å²) in [4.78, 5) is 12.1. The van der Waals surface area contributed by atoms with Crippen molar-refractivity contribution >= 4 is 5.91 Å². The fraction of sp³-hybridized carbons (Fsp3) is 0.375. The smallest absolute Gasteiger partial charge is 0.255 e. The predicted octanol–water partition coefficient (Wildman–Crippen LogP) is 1.98. The van der Waals surface area contributed by atoms with E-state index in [1.807, 2.05) is 13.8 Å². The number of carbonyl (C=O) groups is 1. The summed E-state index contributed by atoms with van der Waals surface area (Å²) >= 11 is 0. The Kier molecular flexibility index (Phi) is 5.16. The van der Waals surface area contributed by atoms with Crippen LogP contribution in [0.25, 0.3) is 0 Å². The van der Waals surface area contributed by atoms with E-state index in [1.165, 1.54) is 0 Å². The fourth-order valence-electron chi connectivity index (χ4n) is 1.97. The van der Waals surface area contributed by atoms with E-state index in [0.29, 0.717) is 17.1 Å². The Morgan fingerprint density at radius 1 is 1.41 bits per heavy atom. The van der Waals surface area contributed by atoms with E-state index in [0.717, 1.165) is 11.3 Å². The zero-order chi connectivity index (χ0) is 16.1. The largest absolute Gasteiger partial charge is 0.488 e. The standard InChI is InChI=1S/C16H20N2O4/c1-10(19)8-17-16(20)13-6-4-5-7-15(13)21-9-14-11(2)18-22-12(14)3/h4-7,10,19H,8-9H2,1-3H3,(H,17,20). The van der Waals surface area contributed by atoms with Gasteiger partial charge in [-0.3, -0.25) is 4.79 Å². The van der Waals surface area contributed by atoms with Crippen LogP contribution in [0.5, 0.6) is 5.75 Å². The third kappa shape index (κ3) is 3.85. The molecule has 1 aromatic carbocycles. The number of para-hydroxylation sites is 1. The molecule has 0 saturated carbocycles. The molecule has 0 aliphatic carbocycles. The van der Waals surface area contributed by atoms with E-state index in [9.17, 15) is 9.90 Å². The predicted molar refractivity (Wildman–Crippen MR) is 80.8 cm³/mol. The molecule has 0 aliphatic rings. The molecule has 0 bridgehead atoms. The van der Waals surface area contributed by atoms with Gasteiger partial charge in [-0.2, -0.15) is 0 Å². The Morgan fingerprint density at radius 3 is 2.77 bits per heavy atom. The van der Waals surface area contributed by atoms with Gasteiger partial charge in [0.15, 0.2) is 0 Å². The van der Waals surface area contributed by atoms with Crippen molar-refractivity contribution in [2.24, 2.45) is 0 Å². The molecule has 1 heterocycles. The van der Waals surface area contributed by atoms with E-state index in [2.05, 4.69) is 10.5 Å². The normalized spacial score (nSPS) is 12.0. The van der Waals surface area contributed by atoms with Crippen LogP contribution in [0.1, 0.15) is 34.3 Å². The number of carbonyl (C=O) groups excluding carboxylic acids is 1. The fourth-order valence-corrected chi connectivity index (χ4v) is 1.97. The first-order valence-corrected chi connectivity index (χ1v) is 7.09. The molecule has 0 spiro atoms. The van der Waals surface area contributed by atoms with E-state index in [-0.39, 0.29) is 19.1 Å². The second kappa shape index (κ2) is 7.09. The number of aryl methyl sites for hydroxylation is 2. The van der Waals surface area contributed by atoms with Crippen molar-refractivity contribution in [3.63, 3.8) is 0 Å². The average molecular weight is 304 g/mol. The number of nitrogens with zero attached hydrogens (tertiary/aromatic N) is 1.